The van der Waals surface area contributed by atoms with Gasteiger partial charge in [-0.2, -0.15) is 0 Å². The van der Waals surface area contributed by atoms with Crippen molar-refractivity contribution >= 4 is 23.2 Å². The van der Waals surface area contributed by atoms with Crippen LogP contribution < -0.4 is 0 Å². The average molecular weight is 138 g/mol. The van der Waals surface area contributed by atoms with Gasteiger partial charge in [0.05, 0.1) is 0 Å². The lowest BCUT2D eigenvalue weighted by Crippen LogP contribution is -1.49. The van der Waals surface area contributed by atoms with Gasteiger partial charge in [0.2, 0.25) is 5.22 Å². The van der Waals surface area contributed by atoms with Gasteiger partial charge in [0.25, 0.3) is 0 Å². The van der Waals surface area contributed by atoms with Gasteiger partial charge in [-0.15, -0.1) is 0 Å². The highest BCUT2D eigenvalue weighted by molar-refractivity contribution is 6.32. The van der Waals surface area contributed by atoms with E-state index < -0.39 is 0 Å². The predicted molar refractivity (Wildman–Crippen MR) is 26.5 cm³/mol. The van der Waals surface area contributed by atoms with Crippen molar-refractivity contribution in [2.24, 2.45) is 0 Å². The molecular weight excluding hydrogens is 137 g/mol. The molecule has 1 heterocycles. The molecule has 4 heteroatoms. The second kappa shape index (κ2) is 1.72. The minimum absolute atomic E-state index is 0.213. The second-order valence-corrected chi connectivity index (χ2v) is 1.71. The summed E-state index contributed by atoms with van der Waals surface area (Å²) in [5.74, 6) is 0. The number of hydrogen-bond donors (Lipinski definition) is 0. The van der Waals surface area contributed by atoms with Gasteiger partial charge in [-0.25, -0.2) is 0 Å². The summed E-state index contributed by atoms with van der Waals surface area (Å²) in [5, 5.41) is 3.77. The van der Waals surface area contributed by atoms with Gasteiger partial charge in [-0.3, -0.25) is 0 Å². The van der Waals surface area contributed by atoms with E-state index in [9.17, 15) is 0 Å². The lowest BCUT2D eigenvalue weighted by molar-refractivity contribution is 0.422. The molecular formula is C3HCl2NO. The van der Waals surface area contributed by atoms with Crippen LogP contribution in [0.25, 0.3) is 0 Å². The third kappa shape index (κ3) is 1.08. The Morgan fingerprint density at radius 3 is 2.43 bits per heavy atom. The van der Waals surface area contributed by atoms with Crippen LogP contribution in [0.15, 0.2) is 10.6 Å². The number of hydrogen-bond acceptors (Lipinski definition) is 2. The van der Waals surface area contributed by atoms with E-state index in [1.54, 1.807) is 0 Å². The Balaban J connectivity index is 3.04. The minimum atomic E-state index is 0.213. The number of halogens is 2. The van der Waals surface area contributed by atoms with Gasteiger partial charge in [0.1, 0.15) is 0 Å². The lowest BCUT2D eigenvalue weighted by atomic mass is 10.8. The maximum absolute atomic E-state index is 5.27. The molecule has 0 spiro atoms. The molecule has 0 bridgehead atoms. The molecule has 0 radical (unpaired) electrons. The summed E-state index contributed by atoms with van der Waals surface area (Å²) in [5.41, 5.74) is 0. The average Bonchev–Trinajstić information content (AvgIpc) is 1.87. The largest absolute Gasteiger partial charge is 0.343 e. The summed E-state index contributed by atoms with van der Waals surface area (Å²) in [6.07, 6.45) is 0. The SMILES string of the molecule is Clc1cc(Cl)on1. The van der Waals surface area contributed by atoms with E-state index in [2.05, 4.69) is 9.68 Å². The normalized spacial score (nSPS) is 9.43. The summed E-state index contributed by atoms with van der Waals surface area (Å²) in [4.78, 5) is 0. The monoisotopic (exact) mass is 137 g/mol. The van der Waals surface area contributed by atoms with Crippen molar-refractivity contribution in [3.63, 3.8) is 0 Å². The molecule has 1 rings (SSSR count). The Morgan fingerprint density at radius 2 is 2.29 bits per heavy atom. The molecule has 0 aliphatic heterocycles. The Labute approximate surface area is 50.0 Å². The van der Waals surface area contributed by atoms with Crippen molar-refractivity contribution in [3.8, 4) is 0 Å². The van der Waals surface area contributed by atoms with Crippen LogP contribution in [-0.4, -0.2) is 5.16 Å². The van der Waals surface area contributed by atoms with Crippen molar-refractivity contribution in [2.45, 2.75) is 0 Å². The van der Waals surface area contributed by atoms with Crippen molar-refractivity contribution in [3.05, 3.63) is 16.4 Å². The van der Waals surface area contributed by atoms with Gasteiger partial charge in [-0.1, -0.05) is 16.8 Å². The van der Waals surface area contributed by atoms with Crippen LogP contribution in [0, 0.1) is 0 Å². The highest BCUT2D eigenvalue weighted by Crippen LogP contribution is 2.12. The summed E-state index contributed by atoms with van der Waals surface area (Å²) >= 11 is 10.5. The van der Waals surface area contributed by atoms with Gasteiger partial charge >= 0.3 is 0 Å². The van der Waals surface area contributed by atoms with Gasteiger partial charge < -0.3 is 4.52 Å². The predicted octanol–water partition coefficient (Wildman–Crippen LogP) is 1.98. The zero-order chi connectivity index (χ0) is 5.28. The molecule has 0 aliphatic rings. The van der Waals surface area contributed by atoms with E-state index in [0.717, 1.165) is 0 Å². The van der Waals surface area contributed by atoms with Crippen LogP contribution >= 0.6 is 23.2 Å². The number of nitrogens with zero attached hydrogens (tertiary/aromatic N) is 1. The Hall–Kier alpha value is -0.210. The quantitative estimate of drug-likeness (QED) is 0.547. The number of rotatable bonds is 0. The second-order valence-electron chi connectivity index (χ2n) is 0.954. The van der Waals surface area contributed by atoms with E-state index in [1.807, 2.05) is 0 Å². The molecule has 0 saturated heterocycles. The molecule has 0 amide bonds. The fraction of sp³-hybridized carbons (Fsp3) is 0. The van der Waals surface area contributed by atoms with Crippen molar-refractivity contribution < 1.29 is 4.52 Å². The van der Waals surface area contributed by atoms with E-state index in [1.165, 1.54) is 6.07 Å². The molecule has 38 valence electrons. The lowest BCUT2D eigenvalue weighted by Gasteiger charge is -1.61. The molecule has 0 unspecified atom stereocenters. The standard InChI is InChI=1S/C3HCl2NO/c4-2-1-3(5)7-6-2/h1H. The smallest absolute Gasteiger partial charge is 0.227 e. The first-order valence-corrected chi connectivity index (χ1v) is 2.32. The highest BCUT2D eigenvalue weighted by Gasteiger charge is 1.93. The van der Waals surface area contributed by atoms with Crippen molar-refractivity contribution in [2.75, 3.05) is 0 Å². The van der Waals surface area contributed by atoms with Crippen LogP contribution in [-0.2, 0) is 0 Å². The Kier molecular flexibility index (Phi) is 1.21. The van der Waals surface area contributed by atoms with E-state index in [4.69, 9.17) is 23.2 Å². The molecule has 7 heavy (non-hydrogen) atoms. The first-order valence-electron chi connectivity index (χ1n) is 1.57. The topological polar surface area (TPSA) is 26.0 Å². The van der Waals surface area contributed by atoms with Crippen molar-refractivity contribution in [1.29, 1.82) is 0 Å². The Bertz CT molecular complexity index is 145. The summed E-state index contributed by atoms with van der Waals surface area (Å²) < 4.78 is 4.35. The van der Waals surface area contributed by atoms with Crippen LogP contribution in [0.4, 0.5) is 0 Å². The molecule has 0 saturated carbocycles. The maximum atomic E-state index is 5.27. The van der Waals surface area contributed by atoms with E-state index >= 15 is 0 Å². The van der Waals surface area contributed by atoms with Crippen LogP contribution in [0.5, 0.6) is 0 Å². The summed E-state index contributed by atoms with van der Waals surface area (Å²) in [6.45, 7) is 0. The fourth-order valence-electron chi connectivity index (χ4n) is 0.234. The zero-order valence-electron chi connectivity index (χ0n) is 3.19. The molecule has 2 nitrogen and oxygen atoms in total. The fourth-order valence-corrected chi connectivity index (χ4v) is 0.561. The third-order valence-corrected chi connectivity index (χ3v) is 0.809. The van der Waals surface area contributed by atoms with Gasteiger partial charge in [-0.05, 0) is 11.6 Å². The zero-order valence-corrected chi connectivity index (χ0v) is 4.70. The molecule has 0 aliphatic carbocycles. The maximum Gasteiger partial charge on any atom is 0.227 e. The van der Waals surface area contributed by atoms with E-state index in [0.29, 0.717) is 0 Å². The van der Waals surface area contributed by atoms with Crippen molar-refractivity contribution in [1.82, 2.24) is 5.16 Å². The van der Waals surface area contributed by atoms with Gasteiger partial charge in [0, 0.05) is 6.07 Å². The molecule has 0 N–H and O–H groups in total. The highest BCUT2D eigenvalue weighted by atomic mass is 35.5. The van der Waals surface area contributed by atoms with Crippen LogP contribution in [0.3, 0.4) is 0 Å². The summed E-state index contributed by atoms with van der Waals surface area (Å²) in [6, 6.07) is 1.42. The van der Waals surface area contributed by atoms with Gasteiger partial charge in [0.15, 0.2) is 5.15 Å². The first-order chi connectivity index (χ1) is 3.29. The van der Waals surface area contributed by atoms with E-state index in [-0.39, 0.29) is 10.4 Å². The molecule has 1 aromatic heterocycles. The Morgan fingerprint density at radius 1 is 1.57 bits per heavy atom. The molecule has 1 aromatic rings. The first kappa shape index (κ1) is 4.94. The minimum Gasteiger partial charge on any atom is -0.343 e. The molecule has 0 aromatic carbocycles. The molecule has 0 atom stereocenters. The van der Waals surface area contributed by atoms with Crippen LogP contribution in [0.2, 0.25) is 10.4 Å². The summed E-state index contributed by atoms with van der Waals surface area (Å²) in [7, 11) is 0. The third-order valence-electron chi connectivity index (χ3n) is 0.453. The molecule has 0 fully saturated rings. The number of aromatic nitrogens is 1. The van der Waals surface area contributed by atoms with Crippen LogP contribution in [0.1, 0.15) is 0 Å².